The first kappa shape index (κ1) is 14.7. The van der Waals surface area contributed by atoms with Crippen molar-refractivity contribution >= 4 is 12.2 Å². The van der Waals surface area contributed by atoms with Gasteiger partial charge in [0.25, 0.3) is 0 Å². The summed E-state index contributed by atoms with van der Waals surface area (Å²) in [5, 5.41) is 5.71. The lowest BCUT2D eigenvalue weighted by atomic mass is 9.89. The van der Waals surface area contributed by atoms with Gasteiger partial charge in [-0.05, 0) is 35.5 Å². The van der Waals surface area contributed by atoms with Crippen molar-refractivity contribution in [3.8, 4) is 11.6 Å². The van der Waals surface area contributed by atoms with Gasteiger partial charge in [0.05, 0.1) is 5.92 Å². The zero-order valence-corrected chi connectivity index (χ0v) is 13.6. The number of nitrogens with one attached hydrogen (secondary N) is 2. The van der Waals surface area contributed by atoms with Gasteiger partial charge in [0.15, 0.2) is 11.6 Å². The standard InChI is InChI=1S/C19H15N3OS/c24-19-20-18(21-22-19)16-12-11-15(23-16)17(13-7-3-1-4-8-13)14-9-5-2-6-10-14/h1-12,17H,(H2,20,21,22,24). The molecule has 0 bridgehead atoms. The number of nitrogens with zero attached hydrogens (tertiary/aromatic N) is 1. The normalized spacial score (nSPS) is 11.0. The second kappa shape index (κ2) is 6.29. The predicted octanol–water partition coefficient (Wildman–Crippen LogP) is 4.91. The molecule has 4 rings (SSSR count). The fourth-order valence-electron chi connectivity index (χ4n) is 2.83. The molecular weight excluding hydrogens is 318 g/mol. The lowest BCUT2D eigenvalue weighted by molar-refractivity contribution is 0.513. The molecule has 2 heterocycles. The summed E-state index contributed by atoms with van der Waals surface area (Å²) in [5.74, 6) is 2.16. The van der Waals surface area contributed by atoms with Crippen LogP contribution in [0.4, 0.5) is 0 Å². The van der Waals surface area contributed by atoms with Crippen LogP contribution in [0.15, 0.2) is 77.2 Å². The van der Waals surface area contributed by atoms with Crippen LogP contribution in [0.2, 0.25) is 0 Å². The van der Waals surface area contributed by atoms with Gasteiger partial charge in [0, 0.05) is 0 Å². The molecule has 0 aliphatic rings. The maximum Gasteiger partial charge on any atom is 0.213 e. The van der Waals surface area contributed by atoms with E-state index in [4.69, 9.17) is 16.6 Å². The molecule has 0 amide bonds. The Labute approximate surface area is 144 Å². The number of aromatic nitrogens is 3. The maximum atomic E-state index is 6.09. The molecule has 0 fully saturated rings. The highest BCUT2D eigenvalue weighted by Gasteiger charge is 2.21. The largest absolute Gasteiger partial charge is 0.457 e. The maximum absolute atomic E-state index is 6.09. The Morgan fingerprint density at radius 2 is 1.42 bits per heavy atom. The molecule has 0 saturated carbocycles. The molecule has 4 nitrogen and oxygen atoms in total. The highest BCUT2D eigenvalue weighted by molar-refractivity contribution is 7.71. The predicted molar refractivity (Wildman–Crippen MR) is 95.3 cm³/mol. The topological polar surface area (TPSA) is 57.6 Å². The van der Waals surface area contributed by atoms with E-state index in [-0.39, 0.29) is 5.92 Å². The minimum Gasteiger partial charge on any atom is -0.457 e. The molecule has 0 atom stereocenters. The Hall–Kier alpha value is -2.92. The van der Waals surface area contributed by atoms with E-state index in [0.717, 1.165) is 5.76 Å². The van der Waals surface area contributed by atoms with E-state index in [1.165, 1.54) is 11.1 Å². The van der Waals surface area contributed by atoms with Gasteiger partial charge in [0.1, 0.15) is 5.76 Å². The van der Waals surface area contributed by atoms with Crippen LogP contribution >= 0.6 is 12.2 Å². The van der Waals surface area contributed by atoms with Crippen LogP contribution in [-0.2, 0) is 0 Å². The molecule has 4 aromatic rings. The molecule has 2 N–H and O–H groups in total. The van der Waals surface area contributed by atoms with E-state index in [1.807, 2.05) is 48.5 Å². The number of aromatic amines is 2. The second-order valence-electron chi connectivity index (χ2n) is 5.47. The Morgan fingerprint density at radius 1 is 0.792 bits per heavy atom. The highest BCUT2D eigenvalue weighted by Crippen LogP contribution is 2.34. The highest BCUT2D eigenvalue weighted by atomic mass is 32.1. The van der Waals surface area contributed by atoms with E-state index in [0.29, 0.717) is 16.4 Å². The van der Waals surface area contributed by atoms with Crippen molar-refractivity contribution in [2.75, 3.05) is 0 Å². The van der Waals surface area contributed by atoms with Crippen molar-refractivity contribution in [3.63, 3.8) is 0 Å². The van der Waals surface area contributed by atoms with Crippen LogP contribution in [0.5, 0.6) is 0 Å². The number of furan rings is 1. The van der Waals surface area contributed by atoms with Crippen molar-refractivity contribution in [2.45, 2.75) is 5.92 Å². The second-order valence-corrected chi connectivity index (χ2v) is 5.86. The average Bonchev–Trinajstić information content (AvgIpc) is 3.26. The van der Waals surface area contributed by atoms with Gasteiger partial charge in [-0.15, -0.1) is 0 Å². The first-order chi connectivity index (χ1) is 11.8. The van der Waals surface area contributed by atoms with E-state index in [2.05, 4.69) is 39.4 Å². The van der Waals surface area contributed by atoms with Crippen LogP contribution < -0.4 is 0 Å². The molecule has 5 heteroatoms. The molecule has 0 spiro atoms. The Balaban J connectivity index is 1.80. The summed E-state index contributed by atoms with van der Waals surface area (Å²) >= 11 is 5.00. The SMILES string of the molecule is S=c1nc(-c2ccc(C(c3ccccc3)c3ccccc3)o2)[nH][nH]1. The Kier molecular flexibility index (Phi) is 3.84. The minimum absolute atomic E-state index is 0.0306. The summed E-state index contributed by atoms with van der Waals surface area (Å²) in [6.07, 6.45) is 0. The summed E-state index contributed by atoms with van der Waals surface area (Å²) in [4.78, 5) is 4.21. The van der Waals surface area contributed by atoms with E-state index < -0.39 is 0 Å². The van der Waals surface area contributed by atoms with Crippen molar-refractivity contribution < 1.29 is 4.42 Å². The number of H-pyrrole nitrogens is 2. The number of hydrogen-bond donors (Lipinski definition) is 2. The molecule has 2 aromatic heterocycles. The van der Waals surface area contributed by atoms with Crippen molar-refractivity contribution in [3.05, 3.63) is 94.5 Å². The molecule has 2 aromatic carbocycles. The fraction of sp³-hybridized carbons (Fsp3) is 0.0526. The van der Waals surface area contributed by atoms with Gasteiger partial charge in [-0.25, -0.2) is 0 Å². The van der Waals surface area contributed by atoms with E-state index >= 15 is 0 Å². The first-order valence-electron chi connectivity index (χ1n) is 7.66. The average molecular weight is 333 g/mol. The summed E-state index contributed by atoms with van der Waals surface area (Å²) in [6, 6.07) is 24.6. The summed E-state index contributed by atoms with van der Waals surface area (Å²) in [6.45, 7) is 0. The zero-order valence-electron chi connectivity index (χ0n) is 12.8. The molecular formula is C19H15N3OS. The lowest BCUT2D eigenvalue weighted by Crippen LogP contribution is -2.01. The lowest BCUT2D eigenvalue weighted by Gasteiger charge is -2.15. The zero-order chi connectivity index (χ0) is 16.4. The van der Waals surface area contributed by atoms with Gasteiger partial charge in [0.2, 0.25) is 4.77 Å². The molecule has 0 saturated heterocycles. The molecule has 118 valence electrons. The van der Waals surface area contributed by atoms with Crippen LogP contribution in [0.3, 0.4) is 0 Å². The van der Waals surface area contributed by atoms with Gasteiger partial charge < -0.3 is 4.42 Å². The molecule has 24 heavy (non-hydrogen) atoms. The molecule has 0 aliphatic heterocycles. The van der Waals surface area contributed by atoms with E-state index in [1.54, 1.807) is 0 Å². The Morgan fingerprint density at radius 3 is 1.96 bits per heavy atom. The van der Waals surface area contributed by atoms with Gasteiger partial charge in [-0.1, -0.05) is 60.7 Å². The summed E-state index contributed by atoms with van der Waals surface area (Å²) in [5.41, 5.74) is 2.36. The third-order valence-corrected chi connectivity index (χ3v) is 4.11. The van der Waals surface area contributed by atoms with Gasteiger partial charge in [-0.2, -0.15) is 4.98 Å². The first-order valence-corrected chi connectivity index (χ1v) is 8.07. The van der Waals surface area contributed by atoms with Crippen molar-refractivity contribution in [1.29, 1.82) is 0 Å². The van der Waals surface area contributed by atoms with Gasteiger partial charge in [-0.3, -0.25) is 10.2 Å². The summed E-state index contributed by atoms with van der Waals surface area (Å²) < 4.78 is 6.50. The van der Waals surface area contributed by atoms with Crippen molar-refractivity contribution in [2.24, 2.45) is 0 Å². The summed E-state index contributed by atoms with van der Waals surface area (Å²) in [7, 11) is 0. The van der Waals surface area contributed by atoms with Crippen LogP contribution in [-0.4, -0.2) is 15.2 Å². The minimum atomic E-state index is 0.0306. The van der Waals surface area contributed by atoms with E-state index in [9.17, 15) is 0 Å². The Bertz CT molecular complexity index is 946. The van der Waals surface area contributed by atoms with Gasteiger partial charge >= 0.3 is 0 Å². The van der Waals surface area contributed by atoms with Crippen LogP contribution in [0, 0.1) is 4.77 Å². The van der Waals surface area contributed by atoms with Crippen LogP contribution in [0.25, 0.3) is 11.6 Å². The molecule has 0 aliphatic carbocycles. The third kappa shape index (κ3) is 2.81. The monoisotopic (exact) mass is 333 g/mol. The number of benzene rings is 2. The molecule has 0 radical (unpaired) electrons. The number of rotatable bonds is 4. The quantitative estimate of drug-likeness (QED) is 0.522. The smallest absolute Gasteiger partial charge is 0.213 e. The third-order valence-electron chi connectivity index (χ3n) is 3.91. The number of hydrogen-bond acceptors (Lipinski definition) is 3. The van der Waals surface area contributed by atoms with Crippen LogP contribution in [0.1, 0.15) is 22.8 Å². The molecule has 0 unspecified atom stereocenters. The fourth-order valence-corrected chi connectivity index (χ4v) is 2.98. The van der Waals surface area contributed by atoms with Crippen molar-refractivity contribution in [1.82, 2.24) is 15.2 Å².